The summed E-state index contributed by atoms with van der Waals surface area (Å²) in [5.74, 6) is 0.656. The molecule has 16 heavy (non-hydrogen) atoms. The Morgan fingerprint density at radius 1 is 1.38 bits per heavy atom. The van der Waals surface area contributed by atoms with Gasteiger partial charge in [0.05, 0.1) is 23.5 Å². The number of carbonyl (C=O) groups excluding carboxylic acids is 1. The largest absolute Gasteiger partial charge is 0.389 e. The number of rotatable bonds is 2. The van der Waals surface area contributed by atoms with Crippen molar-refractivity contribution in [2.45, 2.75) is 19.1 Å². The van der Waals surface area contributed by atoms with Crippen LogP contribution in [0.3, 0.4) is 0 Å². The van der Waals surface area contributed by atoms with E-state index in [0.29, 0.717) is 30.2 Å². The molecule has 2 rings (SSSR count). The van der Waals surface area contributed by atoms with Gasteiger partial charge < -0.3 is 15.1 Å². The molecule has 1 aliphatic heterocycles. The SMILES string of the molecule is Cc1nn(C)c(N2CC(O)C(O)C2)c1C=O. The maximum absolute atomic E-state index is 11.0. The van der Waals surface area contributed by atoms with Crippen molar-refractivity contribution in [2.75, 3.05) is 18.0 Å². The van der Waals surface area contributed by atoms with Crippen LogP contribution in [0.5, 0.6) is 0 Å². The van der Waals surface area contributed by atoms with Crippen LogP contribution >= 0.6 is 0 Å². The van der Waals surface area contributed by atoms with Crippen molar-refractivity contribution < 1.29 is 15.0 Å². The van der Waals surface area contributed by atoms with Crippen molar-refractivity contribution in [3.05, 3.63) is 11.3 Å². The topological polar surface area (TPSA) is 78.6 Å². The Labute approximate surface area is 93.1 Å². The molecule has 1 aromatic rings. The van der Waals surface area contributed by atoms with Crippen LogP contribution in [0, 0.1) is 6.92 Å². The van der Waals surface area contributed by atoms with E-state index < -0.39 is 12.2 Å². The Balaban J connectivity index is 2.37. The second-order valence-electron chi connectivity index (χ2n) is 4.10. The number of β-amino-alcohol motifs (C(OH)–C–C–N with tert-alkyl or cyclic N) is 2. The first kappa shape index (κ1) is 11.1. The van der Waals surface area contributed by atoms with E-state index in [1.54, 1.807) is 23.6 Å². The van der Waals surface area contributed by atoms with Crippen LogP contribution in [0.2, 0.25) is 0 Å². The summed E-state index contributed by atoms with van der Waals surface area (Å²) < 4.78 is 1.60. The van der Waals surface area contributed by atoms with E-state index in [-0.39, 0.29) is 0 Å². The number of carbonyl (C=O) groups is 1. The number of hydrogen-bond acceptors (Lipinski definition) is 5. The van der Waals surface area contributed by atoms with Gasteiger partial charge in [-0.15, -0.1) is 0 Å². The molecule has 0 spiro atoms. The van der Waals surface area contributed by atoms with E-state index in [4.69, 9.17) is 0 Å². The zero-order chi connectivity index (χ0) is 11.9. The first-order chi connectivity index (χ1) is 7.54. The van der Waals surface area contributed by atoms with E-state index in [1.807, 2.05) is 0 Å². The van der Waals surface area contributed by atoms with Crippen LogP contribution in [0.1, 0.15) is 16.1 Å². The third-order valence-corrected chi connectivity index (χ3v) is 2.91. The zero-order valence-electron chi connectivity index (χ0n) is 9.29. The van der Waals surface area contributed by atoms with E-state index in [9.17, 15) is 15.0 Å². The Bertz CT molecular complexity index is 406. The number of aryl methyl sites for hydroxylation is 2. The maximum Gasteiger partial charge on any atom is 0.155 e. The van der Waals surface area contributed by atoms with E-state index >= 15 is 0 Å². The molecule has 0 aliphatic carbocycles. The lowest BCUT2D eigenvalue weighted by molar-refractivity contribution is 0.0572. The number of aliphatic hydroxyl groups excluding tert-OH is 2. The Morgan fingerprint density at radius 3 is 2.44 bits per heavy atom. The Hall–Kier alpha value is -1.40. The molecule has 0 aromatic carbocycles. The minimum absolute atomic E-state index is 0.320. The van der Waals surface area contributed by atoms with Gasteiger partial charge in [-0.1, -0.05) is 0 Å². The number of anilines is 1. The summed E-state index contributed by atoms with van der Waals surface area (Å²) in [6.07, 6.45) is -0.779. The molecule has 6 nitrogen and oxygen atoms in total. The number of nitrogens with zero attached hydrogens (tertiary/aromatic N) is 3. The van der Waals surface area contributed by atoms with Crippen molar-refractivity contribution in [3.63, 3.8) is 0 Å². The molecule has 1 aliphatic rings. The van der Waals surface area contributed by atoms with Gasteiger partial charge in [0, 0.05) is 20.1 Å². The van der Waals surface area contributed by atoms with Crippen LogP contribution in [0.15, 0.2) is 0 Å². The second-order valence-corrected chi connectivity index (χ2v) is 4.10. The van der Waals surface area contributed by atoms with Crippen LogP contribution in [-0.2, 0) is 7.05 Å². The molecule has 2 N–H and O–H groups in total. The predicted octanol–water partition coefficient (Wildman–Crippen LogP) is -0.917. The van der Waals surface area contributed by atoms with Crippen molar-refractivity contribution in [3.8, 4) is 0 Å². The highest BCUT2D eigenvalue weighted by Crippen LogP contribution is 2.25. The zero-order valence-corrected chi connectivity index (χ0v) is 9.29. The first-order valence-corrected chi connectivity index (χ1v) is 5.14. The molecule has 6 heteroatoms. The first-order valence-electron chi connectivity index (χ1n) is 5.14. The maximum atomic E-state index is 11.0. The van der Waals surface area contributed by atoms with Crippen LogP contribution in [0.25, 0.3) is 0 Å². The predicted molar refractivity (Wildman–Crippen MR) is 57.6 cm³/mol. The third-order valence-electron chi connectivity index (χ3n) is 2.91. The highest BCUT2D eigenvalue weighted by molar-refractivity contribution is 5.84. The number of aldehydes is 1. The molecule has 0 radical (unpaired) electrons. The minimum atomic E-state index is -0.769. The van der Waals surface area contributed by atoms with E-state index in [1.165, 1.54) is 0 Å². The minimum Gasteiger partial charge on any atom is -0.389 e. The standard InChI is InChI=1S/C10H15N3O3/c1-6-7(5-14)10(12(2)11-6)13-3-8(15)9(16)4-13/h5,8-9,15-16H,3-4H2,1-2H3. The molecular formula is C10H15N3O3. The highest BCUT2D eigenvalue weighted by atomic mass is 16.3. The molecular weight excluding hydrogens is 210 g/mol. The number of hydrogen-bond donors (Lipinski definition) is 2. The van der Waals surface area contributed by atoms with Crippen molar-refractivity contribution in [1.29, 1.82) is 0 Å². The van der Waals surface area contributed by atoms with E-state index in [2.05, 4.69) is 5.10 Å². The van der Waals surface area contributed by atoms with Crippen LogP contribution in [-0.4, -0.2) is 51.6 Å². The summed E-state index contributed by atoms with van der Waals surface area (Å²) in [7, 11) is 1.74. The van der Waals surface area contributed by atoms with Gasteiger partial charge in [0.2, 0.25) is 0 Å². The fourth-order valence-corrected chi connectivity index (χ4v) is 2.12. The van der Waals surface area contributed by atoms with E-state index in [0.717, 1.165) is 6.29 Å². The van der Waals surface area contributed by atoms with Crippen LogP contribution in [0.4, 0.5) is 5.82 Å². The summed E-state index contributed by atoms with van der Waals surface area (Å²) in [5, 5.41) is 23.1. The molecule has 0 saturated carbocycles. The van der Waals surface area contributed by atoms with Gasteiger partial charge in [-0.2, -0.15) is 5.10 Å². The lowest BCUT2D eigenvalue weighted by atomic mass is 10.2. The molecule has 1 aromatic heterocycles. The molecule has 88 valence electrons. The lowest BCUT2D eigenvalue weighted by Crippen LogP contribution is -2.24. The third kappa shape index (κ3) is 1.60. The monoisotopic (exact) mass is 225 g/mol. The van der Waals surface area contributed by atoms with Crippen molar-refractivity contribution in [2.24, 2.45) is 7.05 Å². The Morgan fingerprint density at radius 2 is 1.94 bits per heavy atom. The van der Waals surface area contributed by atoms with Crippen molar-refractivity contribution >= 4 is 12.1 Å². The lowest BCUT2D eigenvalue weighted by Gasteiger charge is -2.18. The smallest absolute Gasteiger partial charge is 0.155 e. The molecule has 1 saturated heterocycles. The average Bonchev–Trinajstić information content (AvgIpc) is 2.67. The summed E-state index contributed by atoms with van der Waals surface area (Å²) >= 11 is 0. The van der Waals surface area contributed by atoms with Gasteiger partial charge in [0.15, 0.2) is 6.29 Å². The summed E-state index contributed by atoms with van der Waals surface area (Å²) in [6.45, 7) is 2.40. The van der Waals surface area contributed by atoms with Crippen molar-refractivity contribution in [1.82, 2.24) is 9.78 Å². The quantitative estimate of drug-likeness (QED) is 0.637. The Kier molecular flexibility index (Phi) is 2.69. The number of aliphatic hydroxyl groups is 2. The molecule has 2 unspecified atom stereocenters. The summed E-state index contributed by atoms with van der Waals surface area (Å²) in [6, 6.07) is 0. The fourth-order valence-electron chi connectivity index (χ4n) is 2.12. The van der Waals surface area contributed by atoms with Gasteiger partial charge >= 0.3 is 0 Å². The van der Waals surface area contributed by atoms with Gasteiger partial charge in [-0.25, -0.2) is 0 Å². The van der Waals surface area contributed by atoms with Gasteiger partial charge in [-0.3, -0.25) is 9.48 Å². The highest BCUT2D eigenvalue weighted by Gasteiger charge is 2.32. The average molecular weight is 225 g/mol. The van der Waals surface area contributed by atoms with Gasteiger partial charge in [-0.05, 0) is 6.92 Å². The number of aromatic nitrogens is 2. The summed E-state index contributed by atoms with van der Waals surface area (Å²) in [5.41, 5.74) is 1.17. The normalized spacial score (nSPS) is 25.1. The van der Waals surface area contributed by atoms with Gasteiger partial charge in [0.25, 0.3) is 0 Å². The molecule has 0 amide bonds. The molecule has 0 bridgehead atoms. The van der Waals surface area contributed by atoms with Gasteiger partial charge in [0.1, 0.15) is 5.82 Å². The fraction of sp³-hybridized carbons (Fsp3) is 0.600. The second kappa shape index (κ2) is 3.88. The molecule has 1 fully saturated rings. The molecule has 2 heterocycles. The summed E-state index contributed by atoms with van der Waals surface area (Å²) in [4.78, 5) is 12.8. The molecule has 2 atom stereocenters. The van der Waals surface area contributed by atoms with Crippen LogP contribution < -0.4 is 4.90 Å².